The second-order valence-corrected chi connectivity index (χ2v) is 8.75. The van der Waals surface area contributed by atoms with Crippen LogP contribution in [0.2, 0.25) is 13.1 Å². The van der Waals surface area contributed by atoms with Crippen LogP contribution in [-0.4, -0.2) is 15.1 Å². The van der Waals surface area contributed by atoms with E-state index in [1.54, 1.807) is 0 Å². The average molecular weight is 278 g/mol. The van der Waals surface area contributed by atoms with Crippen molar-refractivity contribution in [1.29, 1.82) is 0 Å². The molecule has 1 aromatic carbocycles. The van der Waals surface area contributed by atoms with Gasteiger partial charge in [0.15, 0.2) is 0 Å². The maximum Gasteiger partial charge on any atom is 0.205 e. The highest BCUT2D eigenvalue weighted by atomic mass is 28.3. The molecule has 1 radical (unpaired) electrons. The molecule has 3 heteroatoms. The molecule has 0 saturated heterocycles. The molecule has 107 valence electrons. The van der Waals surface area contributed by atoms with Crippen LogP contribution in [0.15, 0.2) is 24.3 Å². The molecule has 1 aromatic rings. The molecule has 0 aliphatic carbocycles. The fourth-order valence-electron chi connectivity index (χ4n) is 2.24. The number of hydrogen-bond donors (Lipinski definition) is 1. The summed E-state index contributed by atoms with van der Waals surface area (Å²) in [6.07, 6.45) is 1.07. The maximum absolute atomic E-state index is 6.23. The molecule has 19 heavy (non-hydrogen) atoms. The normalized spacial score (nSPS) is 15.6. The second-order valence-electron chi connectivity index (χ2n) is 6.70. The lowest BCUT2D eigenvalue weighted by Crippen LogP contribution is -2.26. The van der Waals surface area contributed by atoms with E-state index in [-0.39, 0.29) is 17.6 Å². The van der Waals surface area contributed by atoms with Gasteiger partial charge in [0.05, 0.1) is 6.10 Å². The molecule has 0 bridgehead atoms. The first-order chi connectivity index (χ1) is 8.70. The van der Waals surface area contributed by atoms with Gasteiger partial charge in [-0.15, -0.1) is 0 Å². The van der Waals surface area contributed by atoms with Crippen molar-refractivity contribution in [2.24, 2.45) is 11.1 Å². The van der Waals surface area contributed by atoms with Crippen molar-refractivity contribution in [3.8, 4) is 0 Å². The standard InChI is InChI=1S/C16H28NOSi/c1-12(17)10-13-8-7-9-14(11-13)15(16(2,3)4)18-19(5)6/h7-9,11-12,15H,10,17H2,1-6H3. The first-order valence-corrected chi connectivity index (χ1v) is 9.42. The van der Waals surface area contributed by atoms with E-state index < -0.39 is 9.04 Å². The minimum Gasteiger partial charge on any atom is -0.410 e. The van der Waals surface area contributed by atoms with E-state index in [9.17, 15) is 0 Å². The van der Waals surface area contributed by atoms with Crippen molar-refractivity contribution in [2.45, 2.75) is 59.4 Å². The van der Waals surface area contributed by atoms with Crippen LogP contribution in [0.4, 0.5) is 0 Å². The molecule has 2 atom stereocenters. The van der Waals surface area contributed by atoms with Crippen molar-refractivity contribution < 1.29 is 4.43 Å². The number of nitrogens with two attached hydrogens (primary N) is 1. The Balaban J connectivity index is 3.02. The molecule has 0 fully saturated rings. The van der Waals surface area contributed by atoms with E-state index in [0.29, 0.717) is 0 Å². The molecule has 0 heterocycles. The van der Waals surface area contributed by atoms with Gasteiger partial charge in [-0.05, 0) is 43.0 Å². The van der Waals surface area contributed by atoms with Gasteiger partial charge in [-0.1, -0.05) is 45.0 Å². The SMILES string of the molecule is CC(N)Cc1cccc(C(O[Si](C)C)C(C)(C)C)c1. The van der Waals surface area contributed by atoms with E-state index in [4.69, 9.17) is 10.2 Å². The van der Waals surface area contributed by atoms with Gasteiger partial charge in [-0.2, -0.15) is 0 Å². The predicted molar refractivity (Wildman–Crippen MR) is 84.6 cm³/mol. The summed E-state index contributed by atoms with van der Waals surface area (Å²) in [5.74, 6) is 0. The third kappa shape index (κ3) is 5.47. The van der Waals surface area contributed by atoms with Crippen molar-refractivity contribution in [3.63, 3.8) is 0 Å². The smallest absolute Gasteiger partial charge is 0.205 e. The highest BCUT2D eigenvalue weighted by molar-refractivity contribution is 6.48. The Hall–Kier alpha value is -0.643. The van der Waals surface area contributed by atoms with E-state index in [1.807, 2.05) is 6.92 Å². The average Bonchev–Trinajstić information content (AvgIpc) is 2.23. The topological polar surface area (TPSA) is 35.2 Å². The Morgan fingerprint density at radius 1 is 1.26 bits per heavy atom. The monoisotopic (exact) mass is 278 g/mol. The maximum atomic E-state index is 6.23. The van der Waals surface area contributed by atoms with E-state index in [1.165, 1.54) is 11.1 Å². The number of hydrogen-bond acceptors (Lipinski definition) is 2. The molecule has 0 saturated carbocycles. The first kappa shape index (κ1) is 16.4. The van der Waals surface area contributed by atoms with Crippen LogP contribution in [0, 0.1) is 5.41 Å². The van der Waals surface area contributed by atoms with Crippen LogP contribution in [-0.2, 0) is 10.8 Å². The molecule has 0 amide bonds. The van der Waals surface area contributed by atoms with Crippen molar-refractivity contribution in [1.82, 2.24) is 0 Å². The Morgan fingerprint density at radius 3 is 2.37 bits per heavy atom. The van der Waals surface area contributed by atoms with Crippen molar-refractivity contribution in [2.75, 3.05) is 0 Å². The van der Waals surface area contributed by atoms with Crippen LogP contribution in [0.5, 0.6) is 0 Å². The molecule has 2 nitrogen and oxygen atoms in total. The Kier molecular flexibility index (Phi) is 5.77. The van der Waals surface area contributed by atoms with Crippen LogP contribution >= 0.6 is 0 Å². The predicted octanol–water partition coefficient (Wildman–Crippen LogP) is 3.93. The van der Waals surface area contributed by atoms with Crippen LogP contribution < -0.4 is 5.73 Å². The van der Waals surface area contributed by atoms with Crippen LogP contribution in [0.1, 0.15) is 44.9 Å². The zero-order valence-electron chi connectivity index (χ0n) is 13.2. The van der Waals surface area contributed by atoms with Gasteiger partial charge < -0.3 is 10.2 Å². The molecule has 2 unspecified atom stereocenters. The Labute approximate surface area is 120 Å². The Bertz CT molecular complexity index is 396. The van der Waals surface area contributed by atoms with E-state index in [0.717, 1.165) is 6.42 Å². The van der Waals surface area contributed by atoms with E-state index in [2.05, 4.69) is 58.1 Å². The third-order valence-electron chi connectivity index (χ3n) is 2.95. The summed E-state index contributed by atoms with van der Waals surface area (Å²) in [6, 6.07) is 8.89. The molecule has 0 aliphatic heterocycles. The summed E-state index contributed by atoms with van der Waals surface area (Å²) in [5.41, 5.74) is 8.57. The molecular formula is C16H28NOSi. The van der Waals surface area contributed by atoms with Crippen LogP contribution in [0.25, 0.3) is 0 Å². The lowest BCUT2D eigenvalue weighted by molar-refractivity contribution is 0.0865. The molecule has 1 rings (SSSR count). The molecular weight excluding hydrogens is 250 g/mol. The van der Waals surface area contributed by atoms with Crippen LogP contribution in [0.3, 0.4) is 0 Å². The number of benzene rings is 1. The van der Waals surface area contributed by atoms with Gasteiger partial charge in [0.25, 0.3) is 0 Å². The summed E-state index contributed by atoms with van der Waals surface area (Å²) in [4.78, 5) is 0. The van der Waals surface area contributed by atoms with Gasteiger partial charge in [0, 0.05) is 6.04 Å². The summed E-state index contributed by atoms with van der Waals surface area (Å²) in [7, 11) is -0.723. The second kappa shape index (κ2) is 6.68. The van der Waals surface area contributed by atoms with Crippen molar-refractivity contribution in [3.05, 3.63) is 35.4 Å². The van der Waals surface area contributed by atoms with Gasteiger partial charge in [0.1, 0.15) is 0 Å². The summed E-state index contributed by atoms with van der Waals surface area (Å²) in [5, 5.41) is 0. The first-order valence-electron chi connectivity index (χ1n) is 7.01. The third-order valence-corrected chi connectivity index (χ3v) is 3.66. The zero-order chi connectivity index (χ0) is 14.6. The highest BCUT2D eigenvalue weighted by Crippen LogP contribution is 2.36. The van der Waals surface area contributed by atoms with Gasteiger partial charge in [0.2, 0.25) is 9.04 Å². The fraction of sp³-hybridized carbons (Fsp3) is 0.625. The molecule has 2 N–H and O–H groups in total. The summed E-state index contributed by atoms with van der Waals surface area (Å²) >= 11 is 0. The lowest BCUT2D eigenvalue weighted by atomic mass is 9.84. The van der Waals surface area contributed by atoms with E-state index >= 15 is 0 Å². The Morgan fingerprint density at radius 2 is 1.89 bits per heavy atom. The fourth-order valence-corrected chi connectivity index (χ4v) is 3.20. The lowest BCUT2D eigenvalue weighted by Gasteiger charge is -2.33. The molecule has 0 aromatic heterocycles. The minimum atomic E-state index is -0.723. The quantitative estimate of drug-likeness (QED) is 0.828. The molecule has 0 spiro atoms. The molecule has 0 aliphatic rings. The largest absolute Gasteiger partial charge is 0.410 e. The number of rotatable bonds is 5. The minimum absolute atomic E-state index is 0.106. The van der Waals surface area contributed by atoms with Gasteiger partial charge >= 0.3 is 0 Å². The summed E-state index contributed by atoms with van der Waals surface area (Å²) in [6.45, 7) is 13.1. The van der Waals surface area contributed by atoms with Gasteiger partial charge in [-0.25, -0.2) is 0 Å². The van der Waals surface area contributed by atoms with Crippen molar-refractivity contribution >= 4 is 9.04 Å². The zero-order valence-corrected chi connectivity index (χ0v) is 14.2. The highest BCUT2D eigenvalue weighted by Gasteiger charge is 2.28. The summed E-state index contributed by atoms with van der Waals surface area (Å²) < 4.78 is 6.23. The van der Waals surface area contributed by atoms with Gasteiger partial charge in [-0.3, -0.25) is 0 Å².